The fourth-order valence-electron chi connectivity index (χ4n) is 1.71. The number of nitrogens with zero attached hydrogens (tertiary/aromatic N) is 2. The van der Waals surface area contributed by atoms with Gasteiger partial charge in [0.2, 0.25) is 0 Å². The molecule has 1 aromatic heterocycles. The standard InChI is InChI=1S/C13H13N3O2S/c14-6-9-7-16-13(8-15-9)19-10-1-2-11-12(5-10)18-4-3-17-11/h1-2,5,7-8H,3-4,6,14H2. The summed E-state index contributed by atoms with van der Waals surface area (Å²) in [7, 11) is 0. The largest absolute Gasteiger partial charge is 0.486 e. The Labute approximate surface area is 115 Å². The number of rotatable bonds is 3. The Morgan fingerprint density at radius 2 is 1.95 bits per heavy atom. The summed E-state index contributed by atoms with van der Waals surface area (Å²) in [5.74, 6) is 1.57. The van der Waals surface area contributed by atoms with Crippen LogP contribution in [0.2, 0.25) is 0 Å². The van der Waals surface area contributed by atoms with Gasteiger partial charge in [-0.1, -0.05) is 11.8 Å². The molecular weight excluding hydrogens is 262 g/mol. The third-order valence-electron chi connectivity index (χ3n) is 2.63. The first-order chi connectivity index (χ1) is 9.35. The predicted molar refractivity (Wildman–Crippen MR) is 71.5 cm³/mol. The molecule has 0 aliphatic carbocycles. The van der Waals surface area contributed by atoms with Crippen LogP contribution in [0.3, 0.4) is 0 Å². The van der Waals surface area contributed by atoms with Crippen molar-refractivity contribution >= 4 is 11.8 Å². The Kier molecular flexibility index (Phi) is 3.52. The fourth-order valence-corrected chi connectivity index (χ4v) is 2.46. The number of benzene rings is 1. The number of fused-ring (bicyclic) bond motifs is 1. The lowest BCUT2D eigenvalue weighted by molar-refractivity contribution is 0.171. The molecule has 0 spiro atoms. The average Bonchev–Trinajstić information content (AvgIpc) is 2.48. The summed E-state index contributed by atoms with van der Waals surface area (Å²) in [6.07, 6.45) is 3.42. The molecule has 0 bridgehead atoms. The highest BCUT2D eigenvalue weighted by Crippen LogP contribution is 2.35. The second-order valence-electron chi connectivity index (χ2n) is 3.96. The molecule has 1 aliphatic heterocycles. The highest BCUT2D eigenvalue weighted by molar-refractivity contribution is 7.99. The molecule has 2 N–H and O–H groups in total. The van der Waals surface area contributed by atoms with Crippen LogP contribution < -0.4 is 15.2 Å². The maximum absolute atomic E-state index is 5.55. The second-order valence-corrected chi connectivity index (χ2v) is 5.05. The van der Waals surface area contributed by atoms with Gasteiger partial charge in [0.05, 0.1) is 18.1 Å². The van der Waals surface area contributed by atoms with Crippen LogP contribution in [-0.4, -0.2) is 23.2 Å². The summed E-state index contributed by atoms with van der Waals surface area (Å²) in [5, 5.41) is 0.828. The lowest BCUT2D eigenvalue weighted by atomic mass is 10.3. The zero-order valence-electron chi connectivity index (χ0n) is 10.2. The Morgan fingerprint density at radius 1 is 1.11 bits per heavy atom. The molecule has 3 rings (SSSR count). The van der Waals surface area contributed by atoms with Crippen molar-refractivity contribution in [1.82, 2.24) is 9.97 Å². The first-order valence-electron chi connectivity index (χ1n) is 5.93. The Bertz CT molecular complexity index is 575. The Hall–Kier alpha value is -1.79. The van der Waals surface area contributed by atoms with Crippen molar-refractivity contribution in [1.29, 1.82) is 0 Å². The van der Waals surface area contributed by atoms with Gasteiger partial charge in [-0.2, -0.15) is 0 Å². The zero-order valence-corrected chi connectivity index (χ0v) is 11.0. The van der Waals surface area contributed by atoms with Crippen LogP contribution >= 0.6 is 11.8 Å². The maximum atomic E-state index is 5.55. The molecule has 2 heterocycles. The molecule has 1 aromatic carbocycles. The molecule has 98 valence electrons. The van der Waals surface area contributed by atoms with E-state index in [9.17, 15) is 0 Å². The molecule has 0 radical (unpaired) electrons. The highest BCUT2D eigenvalue weighted by Gasteiger charge is 2.12. The van der Waals surface area contributed by atoms with Gasteiger partial charge < -0.3 is 15.2 Å². The second kappa shape index (κ2) is 5.46. The number of ether oxygens (including phenoxy) is 2. The van der Waals surface area contributed by atoms with Crippen LogP contribution in [0, 0.1) is 0 Å². The van der Waals surface area contributed by atoms with Crippen molar-refractivity contribution in [3.05, 3.63) is 36.3 Å². The van der Waals surface area contributed by atoms with Gasteiger partial charge >= 0.3 is 0 Å². The molecule has 1 aliphatic rings. The van der Waals surface area contributed by atoms with E-state index in [-0.39, 0.29) is 0 Å². The summed E-state index contributed by atoms with van der Waals surface area (Å²) in [4.78, 5) is 9.56. The minimum atomic E-state index is 0.405. The van der Waals surface area contributed by atoms with E-state index in [1.807, 2.05) is 18.2 Å². The van der Waals surface area contributed by atoms with Crippen LogP contribution in [-0.2, 0) is 6.54 Å². The smallest absolute Gasteiger partial charge is 0.162 e. The van der Waals surface area contributed by atoms with E-state index in [0.29, 0.717) is 19.8 Å². The van der Waals surface area contributed by atoms with Crippen molar-refractivity contribution in [2.24, 2.45) is 5.73 Å². The lowest BCUT2D eigenvalue weighted by Crippen LogP contribution is -2.15. The molecule has 0 saturated heterocycles. The summed E-state index contributed by atoms with van der Waals surface area (Å²) in [5.41, 5.74) is 6.27. The molecule has 0 atom stereocenters. The molecular formula is C13H13N3O2S. The van der Waals surface area contributed by atoms with Gasteiger partial charge in [0, 0.05) is 11.4 Å². The van der Waals surface area contributed by atoms with Crippen LogP contribution in [0.1, 0.15) is 5.69 Å². The van der Waals surface area contributed by atoms with Crippen LogP contribution in [0.25, 0.3) is 0 Å². The van der Waals surface area contributed by atoms with E-state index in [1.165, 1.54) is 11.8 Å². The highest BCUT2D eigenvalue weighted by atomic mass is 32.2. The molecule has 2 aromatic rings. The average molecular weight is 275 g/mol. The van der Waals surface area contributed by atoms with Crippen LogP contribution in [0.5, 0.6) is 11.5 Å². The van der Waals surface area contributed by atoms with Crippen molar-refractivity contribution < 1.29 is 9.47 Å². The van der Waals surface area contributed by atoms with Gasteiger partial charge in [0.25, 0.3) is 0 Å². The third-order valence-corrected chi connectivity index (χ3v) is 3.54. The first-order valence-corrected chi connectivity index (χ1v) is 6.75. The van der Waals surface area contributed by atoms with E-state index in [1.54, 1.807) is 12.4 Å². The first kappa shape index (κ1) is 12.3. The van der Waals surface area contributed by atoms with Gasteiger partial charge in [-0.05, 0) is 18.2 Å². The van der Waals surface area contributed by atoms with Gasteiger partial charge in [0.1, 0.15) is 18.2 Å². The topological polar surface area (TPSA) is 70.3 Å². The van der Waals surface area contributed by atoms with Crippen molar-refractivity contribution in [3.8, 4) is 11.5 Å². The van der Waals surface area contributed by atoms with E-state index in [0.717, 1.165) is 27.1 Å². The molecule has 0 fully saturated rings. The normalized spacial score (nSPS) is 13.3. The lowest BCUT2D eigenvalue weighted by Gasteiger charge is -2.18. The molecule has 0 saturated carbocycles. The summed E-state index contributed by atoms with van der Waals surface area (Å²) < 4.78 is 11.0. The minimum Gasteiger partial charge on any atom is -0.486 e. The van der Waals surface area contributed by atoms with Gasteiger partial charge in [-0.25, -0.2) is 4.98 Å². The van der Waals surface area contributed by atoms with Crippen LogP contribution in [0.15, 0.2) is 40.5 Å². The van der Waals surface area contributed by atoms with E-state index in [4.69, 9.17) is 15.2 Å². The number of hydrogen-bond donors (Lipinski definition) is 1. The van der Waals surface area contributed by atoms with Crippen molar-refractivity contribution in [2.75, 3.05) is 13.2 Å². The minimum absolute atomic E-state index is 0.405. The molecule has 0 amide bonds. The van der Waals surface area contributed by atoms with Gasteiger partial charge in [-0.15, -0.1) is 0 Å². The van der Waals surface area contributed by atoms with Gasteiger partial charge in [0.15, 0.2) is 11.5 Å². The number of aromatic nitrogens is 2. The summed E-state index contributed by atoms with van der Waals surface area (Å²) in [6.45, 7) is 1.60. The Balaban J connectivity index is 1.78. The number of nitrogens with two attached hydrogens (primary N) is 1. The van der Waals surface area contributed by atoms with E-state index in [2.05, 4.69) is 9.97 Å². The number of hydrogen-bond acceptors (Lipinski definition) is 6. The molecule has 19 heavy (non-hydrogen) atoms. The van der Waals surface area contributed by atoms with E-state index >= 15 is 0 Å². The monoisotopic (exact) mass is 275 g/mol. The third kappa shape index (κ3) is 2.80. The summed E-state index contributed by atoms with van der Waals surface area (Å²) in [6, 6.07) is 5.85. The predicted octanol–water partition coefficient (Wildman–Crippen LogP) is 1.86. The summed E-state index contributed by atoms with van der Waals surface area (Å²) >= 11 is 1.53. The van der Waals surface area contributed by atoms with Crippen LogP contribution in [0.4, 0.5) is 0 Å². The SMILES string of the molecule is NCc1cnc(Sc2ccc3c(c2)OCCO3)cn1. The maximum Gasteiger partial charge on any atom is 0.162 e. The fraction of sp³-hybridized carbons (Fsp3) is 0.231. The quantitative estimate of drug-likeness (QED) is 0.922. The van der Waals surface area contributed by atoms with Gasteiger partial charge in [-0.3, -0.25) is 4.98 Å². The Morgan fingerprint density at radius 3 is 2.68 bits per heavy atom. The molecule has 0 unspecified atom stereocenters. The van der Waals surface area contributed by atoms with Crippen molar-refractivity contribution in [2.45, 2.75) is 16.5 Å². The molecule has 6 heteroatoms. The zero-order chi connectivity index (χ0) is 13.1. The van der Waals surface area contributed by atoms with Crippen molar-refractivity contribution in [3.63, 3.8) is 0 Å². The molecule has 5 nitrogen and oxygen atoms in total. The van der Waals surface area contributed by atoms with E-state index < -0.39 is 0 Å².